The van der Waals surface area contributed by atoms with Crippen molar-refractivity contribution in [3.05, 3.63) is 81.6 Å². The molecule has 4 rings (SSSR count). The van der Waals surface area contributed by atoms with Crippen molar-refractivity contribution in [3.63, 3.8) is 0 Å². The van der Waals surface area contributed by atoms with Crippen LogP contribution in [0.5, 0.6) is 11.6 Å². The van der Waals surface area contributed by atoms with Crippen molar-refractivity contribution in [1.82, 2.24) is 9.97 Å². The molecule has 0 atom stereocenters. The molecule has 10 heteroatoms. The molecule has 0 saturated heterocycles. The number of ether oxygens (including phenoxy) is 2. The van der Waals surface area contributed by atoms with E-state index in [0.29, 0.717) is 44.8 Å². The number of nitrogens with zero attached hydrogens (tertiary/aromatic N) is 4. The Morgan fingerprint density at radius 2 is 1.82 bits per heavy atom. The lowest BCUT2D eigenvalue weighted by molar-refractivity contribution is 0.201. The first-order valence-corrected chi connectivity index (χ1v) is 14.3. The highest BCUT2D eigenvalue weighted by Gasteiger charge is 2.23. The van der Waals surface area contributed by atoms with Crippen LogP contribution < -0.4 is 9.47 Å². The molecule has 0 aliphatic heterocycles. The average Bonchev–Trinajstić information content (AvgIpc) is 3.43. The lowest BCUT2D eigenvalue weighted by atomic mass is 10.00. The normalized spacial score (nSPS) is 10.7. The zero-order valence-electron chi connectivity index (χ0n) is 21.3. The third-order valence-electron chi connectivity index (χ3n) is 5.39. The zero-order chi connectivity index (χ0) is 27.8. The molecule has 0 saturated carbocycles. The Bertz CT molecular complexity index is 1510. The van der Waals surface area contributed by atoms with E-state index in [9.17, 15) is 5.26 Å². The summed E-state index contributed by atoms with van der Waals surface area (Å²) in [4.78, 5) is 13.1. The second-order valence-electron chi connectivity index (χ2n) is 8.79. The predicted molar refractivity (Wildman–Crippen MR) is 156 cm³/mol. The fraction of sp³-hybridized carbons (Fsp3) is 0.241. The van der Waals surface area contributed by atoms with Gasteiger partial charge >= 0.3 is 0 Å². The summed E-state index contributed by atoms with van der Waals surface area (Å²) in [5.74, 6) is 1.50. The van der Waals surface area contributed by atoms with Crippen molar-refractivity contribution in [2.75, 3.05) is 19.8 Å². The molecule has 7 nitrogen and oxygen atoms in total. The summed E-state index contributed by atoms with van der Waals surface area (Å²) in [7, 11) is 0. The minimum atomic E-state index is -0.0934. The lowest BCUT2D eigenvalue weighted by Gasteiger charge is -2.16. The molecule has 0 unspecified atom stereocenters. The van der Waals surface area contributed by atoms with Crippen molar-refractivity contribution in [2.45, 2.75) is 24.6 Å². The van der Waals surface area contributed by atoms with Crippen LogP contribution >= 0.6 is 34.7 Å². The molecular weight excluding hydrogens is 552 g/mol. The highest BCUT2D eigenvalue weighted by atomic mass is 35.5. The molecule has 0 fully saturated rings. The van der Waals surface area contributed by atoms with Gasteiger partial charge in [0.1, 0.15) is 28.5 Å². The molecular formula is C29H25ClN4O3S2. The number of thioether (sulfide) groups is 1. The molecule has 2 heterocycles. The maximum Gasteiger partial charge on any atom is 0.256 e. The van der Waals surface area contributed by atoms with Gasteiger partial charge in [-0.25, -0.2) is 14.8 Å². The van der Waals surface area contributed by atoms with E-state index < -0.39 is 0 Å². The van der Waals surface area contributed by atoms with Gasteiger partial charge in [-0.1, -0.05) is 61.5 Å². The topological polar surface area (TPSA) is 92.6 Å². The summed E-state index contributed by atoms with van der Waals surface area (Å²) in [6.07, 6.45) is 0. The Morgan fingerprint density at radius 3 is 2.46 bits per heavy atom. The van der Waals surface area contributed by atoms with E-state index in [0.717, 1.165) is 16.3 Å². The quantitative estimate of drug-likeness (QED) is 0.145. The van der Waals surface area contributed by atoms with Crippen LogP contribution in [0.1, 0.15) is 25.1 Å². The van der Waals surface area contributed by atoms with Crippen LogP contribution in [0.15, 0.2) is 58.9 Å². The van der Waals surface area contributed by atoms with Crippen molar-refractivity contribution < 1.29 is 14.6 Å². The van der Waals surface area contributed by atoms with Crippen LogP contribution in [0.25, 0.3) is 26.5 Å². The number of hydrogen-bond donors (Lipinski definition) is 1. The van der Waals surface area contributed by atoms with E-state index >= 15 is 0 Å². The molecule has 0 radical (unpaired) electrons. The molecule has 4 aromatic rings. The number of rotatable bonds is 11. The number of aromatic nitrogens is 2. The van der Waals surface area contributed by atoms with Gasteiger partial charge in [-0.3, -0.25) is 0 Å². The molecule has 0 spiro atoms. The molecule has 39 heavy (non-hydrogen) atoms. The standard InChI is InChI=1S/C29H25ClN4O3S2/c1-18(2)15-37-27-26(32-3)25(19-6-10-23(11-7-19)36-13-12-35)24(14-31)29(34-27)39-17-22-16-38-28(33-22)20-4-8-21(30)9-5-20/h4-11,16,18,35H,12-13,15,17H2,1-2H3. The van der Waals surface area contributed by atoms with Crippen molar-refractivity contribution in [2.24, 2.45) is 5.92 Å². The fourth-order valence-corrected chi connectivity index (χ4v) is 5.52. The molecule has 0 aliphatic carbocycles. The molecule has 198 valence electrons. The summed E-state index contributed by atoms with van der Waals surface area (Å²) in [5.41, 5.74) is 3.48. The highest BCUT2D eigenvalue weighted by Crippen LogP contribution is 2.44. The van der Waals surface area contributed by atoms with Gasteiger partial charge in [0, 0.05) is 27.3 Å². The molecule has 0 amide bonds. The van der Waals surface area contributed by atoms with Gasteiger partial charge in [0.15, 0.2) is 0 Å². The van der Waals surface area contributed by atoms with Crippen molar-refractivity contribution in [3.8, 4) is 39.4 Å². The van der Waals surface area contributed by atoms with E-state index in [1.54, 1.807) is 24.3 Å². The maximum absolute atomic E-state index is 10.2. The molecule has 1 N–H and O–H groups in total. The van der Waals surface area contributed by atoms with E-state index in [-0.39, 0.29) is 30.7 Å². The molecule has 0 bridgehead atoms. The minimum absolute atomic E-state index is 0.0934. The summed E-state index contributed by atoms with van der Waals surface area (Å²) in [6, 6.07) is 16.9. The largest absolute Gasteiger partial charge is 0.491 e. The Labute approximate surface area is 240 Å². The van der Waals surface area contributed by atoms with Gasteiger partial charge in [-0.15, -0.1) is 11.3 Å². The predicted octanol–water partition coefficient (Wildman–Crippen LogP) is 7.65. The Morgan fingerprint density at radius 1 is 1.10 bits per heavy atom. The first-order valence-electron chi connectivity index (χ1n) is 12.1. The lowest BCUT2D eigenvalue weighted by Crippen LogP contribution is -2.07. The minimum Gasteiger partial charge on any atom is -0.491 e. The highest BCUT2D eigenvalue weighted by molar-refractivity contribution is 7.98. The number of aliphatic hydroxyl groups is 1. The fourth-order valence-electron chi connectivity index (χ4n) is 3.59. The molecule has 0 aliphatic rings. The smallest absolute Gasteiger partial charge is 0.256 e. The third kappa shape index (κ3) is 7.08. The van der Waals surface area contributed by atoms with Gasteiger partial charge in [-0.2, -0.15) is 5.26 Å². The van der Waals surface area contributed by atoms with Gasteiger partial charge in [-0.05, 0) is 35.7 Å². The number of pyridine rings is 1. The number of halogens is 1. The second-order valence-corrected chi connectivity index (χ2v) is 11.0. The summed E-state index contributed by atoms with van der Waals surface area (Å²) >= 11 is 8.93. The van der Waals surface area contributed by atoms with Crippen molar-refractivity contribution >= 4 is 40.4 Å². The van der Waals surface area contributed by atoms with E-state index in [1.807, 2.05) is 43.5 Å². The van der Waals surface area contributed by atoms with Crippen LogP contribution in [0.2, 0.25) is 5.02 Å². The van der Waals surface area contributed by atoms with Crippen LogP contribution in [0, 0.1) is 23.8 Å². The van der Waals surface area contributed by atoms with Crippen LogP contribution in [-0.2, 0) is 5.75 Å². The van der Waals surface area contributed by atoms with E-state index in [4.69, 9.17) is 37.7 Å². The zero-order valence-corrected chi connectivity index (χ0v) is 23.7. The number of aliphatic hydroxyl groups excluding tert-OH is 1. The summed E-state index contributed by atoms with van der Waals surface area (Å²) in [6.45, 7) is 12.4. The van der Waals surface area contributed by atoms with Crippen LogP contribution in [-0.4, -0.2) is 34.9 Å². The number of hydrogen-bond acceptors (Lipinski definition) is 8. The van der Waals surface area contributed by atoms with Gasteiger partial charge in [0.2, 0.25) is 5.88 Å². The van der Waals surface area contributed by atoms with Gasteiger partial charge in [0.25, 0.3) is 5.69 Å². The van der Waals surface area contributed by atoms with E-state index in [1.165, 1.54) is 23.1 Å². The first kappa shape index (κ1) is 28.4. The maximum atomic E-state index is 10.2. The van der Waals surface area contributed by atoms with Crippen molar-refractivity contribution in [1.29, 1.82) is 5.26 Å². The van der Waals surface area contributed by atoms with Crippen LogP contribution in [0.4, 0.5) is 5.69 Å². The second kappa shape index (κ2) is 13.5. The Kier molecular flexibility index (Phi) is 9.80. The van der Waals surface area contributed by atoms with E-state index in [2.05, 4.69) is 15.9 Å². The molecule has 2 aromatic heterocycles. The SMILES string of the molecule is [C-]#[N+]c1c(OCC(C)C)nc(SCc2csc(-c3ccc(Cl)cc3)n2)c(C#N)c1-c1ccc(OCCO)cc1. The third-order valence-corrected chi connectivity index (χ3v) is 7.59. The van der Waals surface area contributed by atoms with Gasteiger partial charge in [0.05, 0.1) is 31.0 Å². The summed E-state index contributed by atoms with van der Waals surface area (Å²) < 4.78 is 11.4. The Hall–Kier alpha value is -3.60. The number of benzene rings is 2. The first-order chi connectivity index (χ1) is 18.9. The number of nitriles is 1. The average molecular weight is 577 g/mol. The summed E-state index contributed by atoms with van der Waals surface area (Å²) in [5, 5.41) is 23.2. The number of thiazole rings is 1. The molecule has 2 aromatic carbocycles. The van der Waals surface area contributed by atoms with Gasteiger partial charge < -0.3 is 14.6 Å². The van der Waals surface area contributed by atoms with Crippen LogP contribution in [0.3, 0.4) is 0 Å². The Balaban J connectivity index is 1.70. The monoisotopic (exact) mass is 576 g/mol.